The van der Waals surface area contributed by atoms with Gasteiger partial charge < -0.3 is 15.5 Å². The van der Waals surface area contributed by atoms with E-state index in [2.05, 4.69) is 15.6 Å². The van der Waals surface area contributed by atoms with Crippen LogP contribution in [0.3, 0.4) is 0 Å². The average Bonchev–Trinajstić information content (AvgIpc) is 2.88. The summed E-state index contributed by atoms with van der Waals surface area (Å²) in [5, 5.41) is 4.97. The Hall–Kier alpha value is -2.33. The van der Waals surface area contributed by atoms with E-state index in [0.717, 1.165) is 17.0 Å². The van der Waals surface area contributed by atoms with E-state index in [0.29, 0.717) is 17.7 Å². The third-order valence-electron chi connectivity index (χ3n) is 3.73. The standard InChI is InChI=1S/C18H22F2N4O3S/c1-10(2)21-16(26)8-24(3)9-17-23-18(27)14(28-17)7-15(25)22-13-5-4-11(19)6-12(13)20/h4-6,10,14H,7-9H2,1-3H3,(H,21,26)(H,22,25)/p+1/t14-/m1/s1. The average molecular weight is 413 g/mol. The van der Waals surface area contributed by atoms with Crippen molar-refractivity contribution >= 4 is 40.2 Å². The number of carbonyl (C=O) groups is 3. The first kappa shape index (κ1) is 22.0. The summed E-state index contributed by atoms with van der Waals surface area (Å²) in [4.78, 5) is 40.7. The number of amides is 3. The van der Waals surface area contributed by atoms with Crippen molar-refractivity contribution in [2.24, 2.45) is 4.99 Å². The summed E-state index contributed by atoms with van der Waals surface area (Å²) >= 11 is 1.17. The lowest BCUT2D eigenvalue weighted by molar-refractivity contribution is -0.861. The number of hydrogen-bond acceptors (Lipinski definition) is 4. The SMILES string of the molecule is CC(C)NC(=O)C[NH+](C)CC1=NC(=O)[C@@H](CC(=O)Nc2ccc(F)cc2F)S1. The van der Waals surface area contributed by atoms with Gasteiger partial charge in [-0.15, -0.1) is 0 Å². The van der Waals surface area contributed by atoms with Gasteiger partial charge in [-0.1, -0.05) is 11.8 Å². The van der Waals surface area contributed by atoms with Crippen molar-refractivity contribution in [2.75, 3.05) is 25.5 Å². The molecule has 2 atom stereocenters. The molecule has 1 aromatic rings. The van der Waals surface area contributed by atoms with Crippen molar-refractivity contribution in [2.45, 2.75) is 31.6 Å². The minimum Gasteiger partial charge on any atom is -0.349 e. The van der Waals surface area contributed by atoms with Gasteiger partial charge in [0.15, 0.2) is 6.54 Å². The predicted molar refractivity (Wildman–Crippen MR) is 103 cm³/mol. The quantitative estimate of drug-likeness (QED) is 0.574. The van der Waals surface area contributed by atoms with Gasteiger partial charge in [-0.3, -0.25) is 14.4 Å². The Labute approximate surface area is 165 Å². The number of thioether (sulfide) groups is 1. The van der Waals surface area contributed by atoms with Crippen LogP contribution < -0.4 is 15.5 Å². The largest absolute Gasteiger partial charge is 0.349 e. The molecule has 1 aromatic carbocycles. The Morgan fingerprint density at radius 2 is 2.00 bits per heavy atom. The van der Waals surface area contributed by atoms with Crippen LogP contribution in [0.25, 0.3) is 0 Å². The Morgan fingerprint density at radius 1 is 1.29 bits per heavy atom. The zero-order chi connectivity index (χ0) is 20.8. The molecule has 0 aliphatic carbocycles. The van der Waals surface area contributed by atoms with Crippen molar-refractivity contribution in [1.29, 1.82) is 0 Å². The molecular weight excluding hydrogens is 390 g/mol. The van der Waals surface area contributed by atoms with Crippen LogP contribution in [0.4, 0.5) is 14.5 Å². The fourth-order valence-corrected chi connectivity index (χ4v) is 3.76. The number of halogens is 2. The zero-order valence-electron chi connectivity index (χ0n) is 15.8. The summed E-state index contributed by atoms with van der Waals surface area (Å²) in [6, 6.07) is 2.87. The Balaban J connectivity index is 1.83. The molecule has 1 unspecified atom stereocenters. The van der Waals surface area contributed by atoms with Gasteiger partial charge in [-0.25, -0.2) is 13.8 Å². The summed E-state index contributed by atoms with van der Waals surface area (Å²) in [7, 11) is 1.81. The van der Waals surface area contributed by atoms with Gasteiger partial charge in [0.25, 0.3) is 11.8 Å². The van der Waals surface area contributed by atoms with Crippen LogP contribution in [0.5, 0.6) is 0 Å². The van der Waals surface area contributed by atoms with Crippen LogP contribution in [-0.2, 0) is 14.4 Å². The molecule has 28 heavy (non-hydrogen) atoms. The monoisotopic (exact) mass is 413 g/mol. The molecule has 1 aliphatic rings. The third kappa shape index (κ3) is 6.68. The molecule has 2 rings (SSSR count). The normalized spacial score (nSPS) is 17.4. The number of nitrogens with zero attached hydrogens (tertiary/aromatic N) is 1. The highest BCUT2D eigenvalue weighted by molar-refractivity contribution is 8.15. The summed E-state index contributed by atoms with van der Waals surface area (Å²) in [5.74, 6) is -2.73. The first-order valence-electron chi connectivity index (χ1n) is 8.77. The van der Waals surface area contributed by atoms with E-state index in [1.54, 1.807) is 0 Å². The van der Waals surface area contributed by atoms with Gasteiger partial charge in [-0.2, -0.15) is 0 Å². The Morgan fingerprint density at radius 3 is 2.64 bits per heavy atom. The van der Waals surface area contributed by atoms with Gasteiger partial charge >= 0.3 is 0 Å². The van der Waals surface area contributed by atoms with Crippen molar-refractivity contribution in [3.63, 3.8) is 0 Å². The Bertz CT molecular complexity index is 801. The molecule has 0 saturated heterocycles. The smallest absolute Gasteiger partial charge is 0.275 e. The van der Waals surface area contributed by atoms with Crippen LogP contribution in [0.15, 0.2) is 23.2 Å². The molecule has 0 fully saturated rings. The molecule has 3 N–H and O–H groups in total. The maximum atomic E-state index is 13.6. The molecular formula is C18H23F2N4O3S+. The first-order valence-corrected chi connectivity index (χ1v) is 9.65. The molecule has 10 heteroatoms. The summed E-state index contributed by atoms with van der Waals surface area (Å²) < 4.78 is 26.5. The third-order valence-corrected chi connectivity index (χ3v) is 4.89. The van der Waals surface area contributed by atoms with Gasteiger partial charge in [-0.05, 0) is 26.0 Å². The van der Waals surface area contributed by atoms with Crippen LogP contribution >= 0.6 is 11.8 Å². The molecule has 0 saturated carbocycles. The lowest BCUT2D eigenvalue weighted by atomic mass is 10.2. The number of rotatable bonds is 8. The number of likely N-dealkylation sites (N-methyl/N-ethyl adjacent to an activating group) is 1. The maximum Gasteiger partial charge on any atom is 0.275 e. The van der Waals surface area contributed by atoms with E-state index in [9.17, 15) is 23.2 Å². The van der Waals surface area contributed by atoms with Crippen LogP contribution in [0.1, 0.15) is 20.3 Å². The highest BCUT2D eigenvalue weighted by Gasteiger charge is 2.32. The van der Waals surface area contributed by atoms with E-state index in [4.69, 9.17) is 0 Å². The van der Waals surface area contributed by atoms with Crippen molar-refractivity contribution in [1.82, 2.24) is 5.32 Å². The van der Waals surface area contributed by atoms with E-state index in [-0.39, 0.29) is 30.6 Å². The first-order chi connectivity index (χ1) is 13.1. The second kappa shape index (κ2) is 9.74. The van der Waals surface area contributed by atoms with Crippen LogP contribution in [0.2, 0.25) is 0 Å². The highest BCUT2D eigenvalue weighted by Crippen LogP contribution is 2.25. The second-order valence-corrected chi connectivity index (χ2v) is 8.14. The van der Waals surface area contributed by atoms with Gasteiger partial charge in [0.05, 0.1) is 12.7 Å². The number of quaternary nitrogens is 1. The lowest BCUT2D eigenvalue weighted by Gasteiger charge is -2.15. The number of nitrogens with one attached hydrogen (secondary N) is 3. The number of aliphatic imine (C=N–C) groups is 1. The number of hydrogen-bond donors (Lipinski definition) is 3. The molecule has 152 valence electrons. The van der Waals surface area contributed by atoms with Crippen LogP contribution in [-0.4, -0.2) is 54.2 Å². The van der Waals surface area contributed by atoms with Crippen molar-refractivity contribution in [3.8, 4) is 0 Å². The molecule has 1 heterocycles. The summed E-state index contributed by atoms with van der Waals surface area (Å²) in [6.45, 7) is 4.36. The molecule has 0 aromatic heterocycles. The maximum absolute atomic E-state index is 13.6. The van der Waals surface area contributed by atoms with Gasteiger partial charge in [0.1, 0.15) is 28.5 Å². The van der Waals surface area contributed by atoms with Crippen molar-refractivity contribution in [3.05, 3.63) is 29.8 Å². The highest BCUT2D eigenvalue weighted by atomic mass is 32.2. The van der Waals surface area contributed by atoms with E-state index >= 15 is 0 Å². The van der Waals surface area contributed by atoms with Crippen LogP contribution in [0, 0.1) is 11.6 Å². The molecule has 0 radical (unpaired) electrons. The topological polar surface area (TPSA) is 92.1 Å². The number of benzene rings is 1. The van der Waals surface area contributed by atoms with Gasteiger partial charge in [0, 0.05) is 18.5 Å². The zero-order valence-corrected chi connectivity index (χ0v) is 16.7. The predicted octanol–water partition coefficient (Wildman–Crippen LogP) is 0.373. The minimum atomic E-state index is -0.888. The van der Waals surface area contributed by atoms with Gasteiger partial charge in [0.2, 0.25) is 5.91 Å². The molecule has 0 bridgehead atoms. The second-order valence-electron chi connectivity index (χ2n) is 6.86. The lowest BCUT2D eigenvalue weighted by Crippen LogP contribution is -3.11. The fraction of sp³-hybridized carbons (Fsp3) is 0.444. The molecule has 0 spiro atoms. The summed E-state index contributed by atoms with van der Waals surface area (Å²) in [5.41, 5.74) is -0.150. The van der Waals surface area contributed by atoms with E-state index in [1.807, 2.05) is 20.9 Å². The van der Waals surface area contributed by atoms with E-state index < -0.39 is 28.7 Å². The number of anilines is 1. The Kier molecular flexibility index (Phi) is 7.64. The van der Waals surface area contributed by atoms with Crippen molar-refractivity contribution < 1.29 is 28.1 Å². The van der Waals surface area contributed by atoms with E-state index in [1.165, 1.54) is 11.8 Å². The fourth-order valence-electron chi connectivity index (χ4n) is 2.57. The minimum absolute atomic E-state index is 0.0499. The molecule has 3 amide bonds. The molecule has 1 aliphatic heterocycles. The summed E-state index contributed by atoms with van der Waals surface area (Å²) in [6.07, 6.45) is -0.180. The number of carbonyl (C=O) groups excluding carboxylic acids is 3. The molecule has 7 nitrogen and oxygen atoms in total.